The van der Waals surface area contributed by atoms with Crippen LogP contribution in [-0.4, -0.2) is 52.3 Å². The Morgan fingerprint density at radius 3 is 2.85 bits per heavy atom. The quantitative estimate of drug-likeness (QED) is 0.674. The molecular weight excluding hydrogens is 260 g/mol. The summed E-state index contributed by atoms with van der Waals surface area (Å²) in [6.07, 6.45) is 6.00. The summed E-state index contributed by atoms with van der Waals surface area (Å²) in [4.78, 5) is 24.0. The number of nitrogens with one attached hydrogen (secondary N) is 1. The average Bonchev–Trinajstić information content (AvgIpc) is 2.82. The van der Waals surface area contributed by atoms with Crippen LogP contribution in [0.15, 0.2) is 11.6 Å². The number of hydrogen-bond donors (Lipinski definition) is 3. The van der Waals surface area contributed by atoms with Crippen LogP contribution < -0.4 is 5.32 Å². The van der Waals surface area contributed by atoms with Gasteiger partial charge in [-0.25, -0.2) is 4.79 Å². The lowest BCUT2D eigenvalue weighted by molar-refractivity contribution is -0.125. The van der Waals surface area contributed by atoms with E-state index in [2.05, 4.69) is 11.4 Å². The third-order valence-corrected chi connectivity index (χ3v) is 3.96. The van der Waals surface area contributed by atoms with Gasteiger partial charge in [-0.05, 0) is 32.1 Å². The number of aliphatic hydroxyl groups excluding tert-OH is 1. The zero-order valence-electron chi connectivity index (χ0n) is 11.5. The molecule has 0 aromatic carbocycles. The van der Waals surface area contributed by atoms with E-state index in [0.717, 1.165) is 24.2 Å². The topological polar surface area (TPSA) is 89.9 Å². The molecule has 2 atom stereocenters. The van der Waals surface area contributed by atoms with Crippen molar-refractivity contribution in [3.8, 4) is 0 Å². The first-order valence-corrected chi connectivity index (χ1v) is 7.21. The van der Waals surface area contributed by atoms with E-state index in [1.807, 2.05) is 0 Å². The molecule has 1 fully saturated rings. The third-order valence-electron chi connectivity index (χ3n) is 3.96. The molecule has 2 amide bonds. The van der Waals surface area contributed by atoms with Crippen LogP contribution in [-0.2, 0) is 4.79 Å². The molecule has 2 unspecified atom stereocenters. The molecule has 0 spiro atoms. The molecule has 2 rings (SSSR count). The molecule has 0 aromatic heterocycles. The standard InChI is InChI=1S/C14H22N2O4/c17-11-8-12(16(9-11)14(19)20)13(18)15-7-6-10-4-2-1-3-5-10/h4,11-12,17H,1-3,5-9H2,(H,15,18)(H,19,20). The molecule has 1 aliphatic heterocycles. The molecule has 3 N–H and O–H groups in total. The first kappa shape index (κ1) is 14.8. The van der Waals surface area contributed by atoms with Gasteiger partial charge in [0, 0.05) is 13.0 Å². The molecule has 0 aromatic rings. The summed E-state index contributed by atoms with van der Waals surface area (Å²) in [5.41, 5.74) is 1.37. The molecule has 20 heavy (non-hydrogen) atoms. The van der Waals surface area contributed by atoms with Crippen LogP contribution in [0.3, 0.4) is 0 Å². The van der Waals surface area contributed by atoms with E-state index in [-0.39, 0.29) is 18.9 Å². The van der Waals surface area contributed by atoms with Crippen LogP contribution in [0.1, 0.15) is 38.5 Å². The van der Waals surface area contributed by atoms with Crippen molar-refractivity contribution in [2.75, 3.05) is 13.1 Å². The molecule has 1 heterocycles. The lowest BCUT2D eigenvalue weighted by atomic mass is 9.97. The van der Waals surface area contributed by atoms with Gasteiger partial charge < -0.3 is 15.5 Å². The number of aliphatic hydroxyl groups is 1. The SMILES string of the molecule is O=C(NCCC1=CCCCC1)C1CC(O)CN1C(=O)O. The zero-order valence-corrected chi connectivity index (χ0v) is 11.5. The Bertz CT molecular complexity index is 408. The minimum absolute atomic E-state index is 0.0125. The molecule has 2 aliphatic rings. The Kier molecular flexibility index (Phi) is 5.00. The van der Waals surface area contributed by atoms with Gasteiger partial charge in [0.25, 0.3) is 0 Å². The molecule has 0 bridgehead atoms. The van der Waals surface area contributed by atoms with Gasteiger partial charge in [0.2, 0.25) is 5.91 Å². The van der Waals surface area contributed by atoms with Crippen molar-refractivity contribution in [3.05, 3.63) is 11.6 Å². The first-order chi connectivity index (χ1) is 9.58. The zero-order chi connectivity index (χ0) is 14.5. The summed E-state index contributed by atoms with van der Waals surface area (Å²) in [7, 11) is 0. The summed E-state index contributed by atoms with van der Waals surface area (Å²) in [5, 5.41) is 21.3. The highest BCUT2D eigenvalue weighted by Crippen LogP contribution is 2.20. The molecule has 0 radical (unpaired) electrons. The highest BCUT2D eigenvalue weighted by Gasteiger charge is 2.38. The second-order valence-corrected chi connectivity index (χ2v) is 5.49. The fourth-order valence-electron chi connectivity index (χ4n) is 2.87. The van der Waals surface area contributed by atoms with Crippen LogP contribution in [0, 0.1) is 0 Å². The Labute approximate surface area is 118 Å². The van der Waals surface area contributed by atoms with E-state index < -0.39 is 18.2 Å². The number of amides is 2. The highest BCUT2D eigenvalue weighted by molar-refractivity contribution is 5.85. The second-order valence-electron chi connectivity index (χ2n) is 5.49. The Morgan fingerprint density at radius 1 is 1.40 bits per heavy atom. The smallest absolute Gasteiger partial charge is 0.408 e. The summed E-state index contributed by atoms with van der Waals surface area (Å²) in [5.74, 6) is -0.305. The number of allylic oxidation sites excluding steroid dienone is 1. The molecule has 6 heteroatoms. The van der Waals surface area contributed by atoms with Gasteiger partial charge in [0.1, 0.15) is 6.04 Å². The maximum atomic E-state index is 12.0. The van der Waals surface area contributed by atoms with Crippen LogP contribution in [0.5, 0.6) is 0 Å². The van der Waals surface area contributed by atoms with Crippen LogP contribution >= 0.6 is 0 Å². The predicted molar refractivity (Wildman–Crippen MR) is 73.3 cm³/mol. The minimum atomic E-state index is -1.16. The highest BCUT2D eigenvalue weighted by atomic mass is 16.4. The van der Waals surface area contributed by atoms with Crippen molar-refractivity contribution >= 4 is 12.0 Å². The van der Waals surface area contributed by atoms with Crippen molar-refractivity contribution in [3.63, 3.8) is 0 Å². The Morgan fingerprint density at radius 2 is 2.20 bits per heavy atom. The predicted octanol–water partition coefficient (Wildman–Crippen LogP) is 1.11. The number of carbonyl (C=O) groups is 2. The van der Waals surface area contributed by atoms with Crippen molar-refractivity contribution in [1.82, 2.24) is 10.2 Å². The molecule has 0 saturated carbocycles. The number of nitrogens with zero attached hydrogens (tertiary/aromatic N) is 1. The van der Waals surface area contributed by atoms with E-state index in [1.165, 1.54) is 18.4 Å². The summed E-state index contributed by atoms with van der Waals surface area (Å²) in [6.45, 7) is 0.545. The van der Waals surface area contributed by atoms with E-state index in [1.54, 1.807) is 0 Å². The third kappa shape index (κ3) is 3.72. The number of likely N-dealkylation sites (tertiary alicyclic amines) is 1. The van der Waals surface area contributed by atoms with E-state index in [4.69, 9.17) is 5.11 Å². The lowest BCUT2D eigenvalue weighted by Gasteiger charge is -2.20. The molecular formula is C14H22N2O4. The van der Waals surface area contributed by atoms with E-state index in [0.29, 0.717) is 6.54 Å². The Hall–Kier alpha value is -1.56. The lowest BCUT2D eigenvalue weighted by Crippen LogP contribution is -2.45. The number of rotatable bonds is 4. The van der Waals surface area contributed by atoms with Crippen LogP contribution in [0.4, 0.5) is 4.79 Å². The van der Waals surface area contributed by atoms with Gasteiger partial charge in [-0.2, -0.15) is 0 Å². The van der Waals surface area contributed by atoms with E-state index >= 15 is 0 Å². The number of carbonyl (C=O) groups excluding carboxylic acids is 1. The number of carboxylic acid groups (broad SMARTS) is 1. The fraction of sp³-hybridized carbons (Fsp3) is 0.714. The minimum Gasteiger partial charge on any atom is -0.465 e. The van der Waals surface area contributed by atoms with Crippen LogP contribution in [0.2, 0.25) is 0 Å². The molecule has 1 aliphatic carbocycles. The maximum absolute atomic E-state index is 12.0. The monoisotopic (exact) mass is 282 g/mol. The Balaban J connectivity index is 1.79. The fourth-order valence-corrected chi connectivity index (χ4v) is 2.87. The number of hydrogen-bond acceptors (Lipinski definition) is 3. The molecule has 6 nitrogen and oxygen atoms in total. The average molecular weight is 282 g/mol. The van der Waals surface area contributed by atoms with Crippen molar-refractivity contribution in [2.45, 2.75) is 50.7 Å². The number of β-amino-alcohol motifs (C(OH)–C–C–N with tert-alkyl or cyclic N) is 1. The van der Waals surface area contributed by atoms with Crippen molar-refractivity contribution in [2.24, 2.45) is 0 Å². The summed E-state index contributed by atoms with van der Waals surface area (Å²) < 4.78 is 0. The van der Waals surface area contributed by atoms with Gasteiger partial charge >= 0.3 is 6.09 Å². The first-order valence-electron chi connectivity index (χ1n) is 7.21. The largest absolute Gasteiger partial charge is 0.465 e. The van der Waals surface area contributed by atoms with Crippen LogP contribution in [0.25, 0.3) is 0 Å². The van der Waals surface area contributed by atoms with E-state index in [9.17, 15) is 14.7 Å². The van der Waals surface area contributed by atoms with Gasteiger partial charge in [-0.3, -0.25) is 9.69 Å². The van der Waals surface area contributed by atoms with Gasteiger partial charge in [0.15, 0.2) is 0 Å². The summed E-state index contributed by atoms with van der Waals surface area (Å²) >= 11 is 0. The molecule has 112 valence electrons. The van der Waals surface area contributed by atoms with Gasteiger partial charge in [-0.1, -0.05) is 11.6 Å². The van der Waals surface area contributed by atoms with Crippen molar-refractivity contribution < 1.29 is 19.8 Å². The van der Waals surface area contributed by atoms with Crippen molar-refractivity contribution in [1.29, 1.82) is 0 Å². The van der Waals surface area contributed by atoms with Gasteiger partial charge in [0.05, 0.1) is 12.6 Å². The maximum Gasteiger partial charge on any atom is 0.408 e. The van der Waals surface area contributed by atoms with Gasteiger partial charge in [-0.15, -0.1) is 0 Å². The molecule has 1 saturated heterocycles. The second kappa shape index (κ2) is 6.74. The normalized spacial score (nSPS) is 26.2. The summed E-state index contributed by atoms with van der Waals surface area (Å²) in [6, 6.07) is -0.761.